The van der Waals surface area contributed by atoms with Crippen LogP contribution in [0.3, 0.4) is 0 Å². The predicted octanol–water partition coefficient (Wildman–Crippen LogP) is 2.55. The number of fused-ring (bicyclic) bond motifs is 2. The molecule has 1 heterocycles. The molecule has 0 unspecified atom stereocenters. The van der Waals surface area contributed by atoms with Crippen molar-refractivity contribution in [3.63, 3.8) is 0 Å². The first kappa shape index (κ1) is 30.8. The predicted molar refractivity (Wildman–Crippen MR) is 134 cm³/mol. The molecule has 0 spiro atoms. The summed E-state index contributed by atoms with van der Waals surface area (Å²) in [5.41, 5.74) is 2.41. The molecule has 0 atom stereocenters. The third-order valence-corrected chi connectivity index (χ3v) is 5.56. The number of ether oxygens (including phenoxy) is 6. The molecule has 0 N–H and O–H groups in total. The molecule has 0 fully saturated rings. The quantitative estimate of drug-likeness (QED) is 0.461. The van der Waals surface area contributed by atoms with Gasteiger partial charge in [0, 0.05) is 0 Å². The van der Waals surface area contributed by atoms with Crippen molar-refractivity contribution >= 4 is 0 Å². The van der Waals surface area contributed by atoms with Crippen LogP contribution in [0.25, 0.3) is 0 Å². The summed E-state index contributed by atoms with van der Waals surface area (Å²) in [6.45, 7) is 16.6. The van der Waals surface area contributed by atoms with Crippen LogP contribution in [0, 0.1) is 0 Å². The second-order valence-electron chi connectivity index (χ2n) is 10.4. The average molecular weight is 606 g/mol. The molecule has 1 aliphatic heterocycles. The van der Waals surface area contributed by atoms with E-state index in [1.807, 2.05) is 12.1 Å². The topological polar surface area (TPSA) is 55.4 Å². The molecule has 0 radical (unpaired) electrons. The maximum absolute atomic E-state index is 6.03. The summed E-state index contributed by atoms with van der Waals surface area (Å²) in [6, 6.07) is 12.2. The van der Waals surface area contributed by atoms with Crippen molar-refractivity contribution in [1.82, 2.24) is 0 Å². The van der Waals surface area contributed by atoms with Gasteiger partial charge in [-0.25, -0.2) is 0 Å². The zero-order chi connectivity index (χ0) is 24.6. The van der Waals surface area contributed by atoms with Crippen LogP contribution in [-0.4, -0.2) is 52.9 Å². The minimum atomic E-state index is 0. The van der Waals surface area contributed by atoms with Gasteiger partial charge in [-0.05, 0) is 46.2 Å². The average Bonchev–Trinajstić information content (AvgIpc) is 2.77. The second-order valence-corrected chi connectivity index (χ2v) is 10.4. The van der Waals surface area contributed by atoms with Crippen LogP contribution in [-0.2, 0) is 20.3 Å². The van der Waals surface area contributed by atoms with Crippen LogP contribution in [0.15, 0.2) is 36.4 Å². The van der Waals surface area contributed by atoms with Crippen LogP contribution < -0.4 is 87.8 Å². The SMILES string of the molecule is CC(C)(C)c1ccc2c(c1)OCCOCCOc1cc(C(C)(C)C)ccc1OCCOCCO2.[Cs+]. The summed E-state index contributed by atoms with van der Waals surface area (Å²) in [5, 5.41) is 0. The van der Waals surface area contributed by atoms with E-state index >= 15 is 0 Å². The molecule has 3 rings (SSSR count). The molecule has 7 heteroatoms. The Bertz CT molecular complexity index is 843. The molecule has 0 bridgehead atoms. The fourth-order valence-electron chi connectivity index (χ4n) is 3.46. The zero-order valence-electron chi connectivity index (χ0n) is 22.6. The van der Waals surface area contributed by atoms with Gasteiger partial charge in [-0.1, -0.05) is 53.7 Å². The molecule has 0 aromatic heterocycles. The largest absolute Gasteiger partial charge is 1.00 e. The number of benzene rings is 2. The van der Waals surface area contributed by atoms with Crippen LogP contribution >= 0.6 is 0 Å². The van der Waals surface area contributed by atoms with Gasteiger partial charge < -0.3 is 28.4 Å². The van der Waals surface area contributed by atoms with Gasteiger partial charge >= 0.3 is 68.9 Å². The van der Waals surface area contributed by atoms with Crippen molar-refractivity contribution in [3.05, 3.63) is 47.5 Å². The molecular formula is C28H40CsO6+. The van der Waals surface area contributed by atoms with E-state index in [0.717, 1.165) is 11.5 Å². The fourth-order valence-corrected chi connectivity index (χ4v) is 3.46. The molecule has 35 heavy (non-hydrogen) atoms. The summed E-state index contributed by atoms with van der Waals surface area (Å²) in [4.78, 5) is 0. The summed E-state index contributed by atoms with van der Waals surface area (Å²) < 4.78 is 35.4. The summed E-state index contributed by atoms with van der Waals surface area (Å²) in [7, 11) is 0. The van der Waals surface area contributed by atoms with Crippen molar-refractivity contribution in [2.24, 2.45) is 0 Å². The third kappa shape index (κ3) is 10.1. The Balaban J connectivity index is 0.00000432. The van der Waals surface area contributed by atoms with E-state index in [1.54, 1.807) is 0 Å². The van der Waals surface area contributed by atoms with Crippen molar-refractivity contribution in [1.29, 1.82) is 0 Å². The van der Waals surface area contributed by atoms with E-state index in [2.05, 4.69) is 65.8 Å². The van der Waals surface area contributed by atoms with Gasteiger partial charge in [0.1, 0.15) is 26.4 Å². The summed E-state index contributed by atoms with van der Waals surface area (Å²) in [6.07, 6.45) is 0. The molecule has 6 nitrogen and oxygen atoms in total. The normalized spacial score (nSPS) is 16.4. The van der Waals surface area contributed by atoms with Gasteiger partial charge in [0.2, 0.25) is 0 Å². The van der Waals surface area contributed by atoms with E-state index in [4.69, 9.17) is 28.4 Å². The molecule has 1 aliphatic rings. The van der Waals surface area contributed by atoms with E-state index in [-0.39, 0.29) is 79.7 Å². The van der Waals surface area contributed by atoms with E-state index in [1.165, 1.54) is 11.1 Å². The fraction of sp³-hybridized carbons (Fsp3) is 0.571. The minimum absolute atomic E-state index is 0. The maximum atomic E-state index is 6.03. The standard InChI is InChI=1S/C28H40O6.Cs/c1-27(2,3)21-7-9-23-25(19-21)33-17-13-30-14-18-34-26-20-22(28(4,5)6)8-10-24(26)32-16-12-29-11-15-31-23;/h7-10,19-20H,11-18H2,1-6H3;/q;+1. The van der Waals surface area contributed by atoms with Crippen molar-refractivity contribution in [3.8, 4) is 23.0 Å². The van der Waals surface area contributed by atoms with E-state index in [0.29, 0.717) is 64.4 Å². The monoisotopic (exact) mass is 605 g/mol. The van der Waals surface area contributed by atoms with Crippen molar-refractivity contribution in [2.75, 3.05) is 52.9 Å². The molecule has 2 aromatic carbocycles. The van der Waals surface area contributed by atoms with Crippen molar-refractivity contribution in [2.45, 2.75) is 52.4 Å². The van der Waals surface area contributed by atoms with Crippen LogP contribution in [0.5, 0.6) is 23.0 Å². The molecule has 0 aliphatic carbocycles. The first-order valence-electron chi connectivity index (χ1n) is 12.1. The summed E-state index contributed by atoms with van der Waals surface area (Å²) in [5.74, 6) is 2.86. The Morgan fingerprint density at radius 1 is 0.457 bits per heavy atom. The number of hydrogen-bond donors (Lipinski definition) is 0. The number of hydrogen-bond acceptors (Lipinski definition) is 6. The van der Waals surface area contributed by atoms with Crippen molar-refractivity contribution < 1.29 is 97.3 Å². The second kappa shape index (κ2) is 14.5. The molecular weight excluding hydrogens is 565 g/mol. The van der Waals surface area contributed by atoms with Crippen LogP contribution in [0.2, 0.25) is 0 Å². The van der Waals surface area contributed by atoms with Gasteiger partial charge in [0.25, 0.3) is 0 Å². The Labute approximate surface area is 269 Å². The Morgan fingerprint density at radius 3 is 1.09 bits per heavy atom. The van der Waals surface area contributed by atoms with Gasteiger partial charge in [0.05, 0.1) is 26.4 Å². The Hall–Kier alpha value is -0.388. The van der Waals surface area contributed by atoms with Gasteiger partial charge in [-0.15, -0.1) is 0 Å². The first-order valence-corrected chi connectivity index (χ1v) is 12.1. The van der Waals surface area contributed by atoms with Gasteiger partial charge in [-0.3, -0.25) is 0 Å². The zero-order valence-corrected chi connectivity index (χ0v) is 28.9. The van der Waals surface area contributed by atoms with E-state index in [9.17, 15) is 0 Å². The maximum Gasteiger partial charge on any atom is 1.00 e. The van der Waals surface area contributed by atoms with E-state index < -0.39 is 0 Å². The smallest absolute Gasteiger partial charge is 0.487 e. The van der Waals surface area contributed by atoms with Crippen LogP contribution in [0.4, 0.5) is 0 Å². The minimum Gasteiger partial charge on any atom is -0.487 e. The Morgan fingerprint density at radius 2 is 0.771 bits per heavy atom. The van der Waals surface area contributed by atoms with Crippen LogP contribution in [0.1, 0.15) is 52.7 Å². The first-order chi connectivity index (χ1) is 16.1. The van der Waals surface area contributed by atoms with Gasteiger partial charge in [0.15, 0.2) is 23.0 Å². The molecule has 188 valence electrons. The van der Waals surface area contributed by atoms with Gasteiger partial charge in [-0.2, -0.15) is 0 Å². The summed E-state index contributed by atoms with van der Waals surface area (Å²) >= 11 is 0. The molecule has 0 amide bonds. The molecule has 0 saturated heterocycles. The molecule has 0 saturated carbocycles. The number of rotatable bonds is 0. The Kier molecular flexibility index (Phi) is 12.8. The third-order valence-electron chi connectivity index (χ3n) is 5.56. The molecule has 2 aromatic rings.